The van der Waals surface area contributed by atoms with Crippen LogP contribution in [0.5, 0.6) is 11.9 Å². The average molecular weight is 490 g/mol. The Morgan fingerprint density at radius 2 is 1.75 bits per heavy atom. The Morgan fingerprint density at radius 1 is 1.03 bits per heavy atom. The zero-order valence-electron chi connectivity index (χ0n) is 20.9. The molecular weight excluding hydrogens is 458 g/mol. The summed E-state index contributed by atoms with van der Waals surface area (Å²) in [4.78, 5) is 38.3. The number of ether oxygens (including phenoxy) is 2. The van der Waals surface area contributed by atoms with Gasteiger partial charge in [0.25, 0.3) is 5.91 Å². The molecule has 2 aliphatic heterocycles. The third-order valence-corrected chi connectivity index (χ3v) is 7.57. The van der Waals surface area contributed by atoms with E-state index in [2.05, 4.69) is 9.97 Å². The minimum atomic E-state index is -0.0428. The van der Waals surface area contributed by atoms with Crippen LogP contribution in [0.1, 0.15) is 35.3 Å². The number of carbonyl (C=O) groups excluding carboxylic acids is 2. The third kappa shape index (κ3) is 4.41. The Hall–Kier alpha value is -3.88. The molecule has 2 aliphatic rings. The normalized spacial score (nSPS) is 17.3. The van der Waals surface area contributed by atoms with Crippen LogP contribution in [0.2, 0.25) is 0 Å². The lowest BCUT2D eigenvalue weighted by molar-refractivity contribution is -0.125. The largest absolute Gasteiger partial charge is 0.480 e. The van der Waals surface area contributed by atoms with Gasteiger partial charge in [-0.1, -0.05) is 18.2 Å². The van der Waals surface area contributed by atoms with Crippen LogP contribution in [-0.4, -0.2) is 76.5 Å². The Morgan fingerprint density at radius 3 is 2.44 bits per heavy atom. The molecule has 0 radical (unpaired) electrons. The van der Waals surface area contributed by atoms with Crippen LogP contribution in [0.3, 0.4) is 0 Å². The lowest BCUT2D eigenvalue weighted by Crippen LogP contribution is -2.45. The molecule has 0 N–H and O–H groups in total. The molecule has 5 rings (SSSR count). The van der Waals surface area contributed by atoms with E-state index in [4.69, 9.17) is 9.47 Å². The van der Waals surface area contributed by atoms with Gasteiger partial charge in [-0.15, -0.1) is 0 Å². The van der Waals surface area contributed by atoms with Crippen molar-refractivity contribution in [3.05, 3.63) is 53.9 Å². The molecule has 1 spiro atoms. The highest BCUT2D eigenvalue weighted by Crippen LogP contribution is 2.41. The average Bonchev–Trinajstić information content (AvgIpc) is 3.48. The summed E-state index contributed by atoms with van der Waals surface area (Å²) in [5.41, 5.74) is 2.46. The standard InChI is InChI=1S/C27H31N5O4/c1-30-21-7-5-4-6-19(21)16-22(30)25(34)31-13-10-27(11-14-31)12-15-32(18-27)23(33)9-8-20-17-28-26(36-3)29-24(20)35-2/h4-9,16-17H,10-15,18H2,1-3H3/b9-8+. The van der Waals surface area contributed by atoms with E-state index in [1.165, 1.54) is 14.2 Å². The zero-order chi connectivity index (χ0) is 25.3. The molecular formula is C27H31N5O4. The molecule has 2 fully saturated rings. The van der Waals surface area contributed by atoms with Crippen LogP contribution >= 0.6 is 0 Å². The Labute approximate surface area is 210 Å². The number of nitrogens with zero attached hydrogens (tertiary/aromatic N) is 5. The van der Waals surface area contributed by atoms with E-state index in [1.807, 2.05) is 51.7 Å². The summed E-state index contributed by atoms with van der Waals surface area (Å²) < 4.78 is 12.3. The fraction of sp³-hybridized carbons (Fsp3) is 0.407. The van der Waals surface area contributed by atoms with E-state index in [-0.39, 0.29) is 23.2 Å². The summed E-state index contributed by atoms with van der Waals surface area (Å²) in [6.45, 7) is 2.84. The Kier molecular flexibility index (Phi) is 6.38. The number of aromatic nitrogens is 3. The summed E-state index contributed by atoms with van der Waals surface area (Å²) >= 11 is 0. The maximum absolute atomic E-state index is 13.3. The number of amides is 2. The van der Waals surface area contributed by atoms with Gasteiger partial charge < -0.3 is 23.8 Å². The molecule has 2 aromatic heterocycles. The van der Waals surface area contributed by atoms with E-state index in [0.717, 1.165) is 42.4 Å². The van der Waals surface area contributed by atoms with Gasteiger partial charge in [0, 0.05) is 56.4 Å². The van der Waals surface area contributed by atoms with Gasteiger partial charge in [-0.2, -0.15) is 4.98 Å². The van der Waals surface area contributed by atoms with E-state index in [0.29, 0.717) is 31.1 Å². The number of fused-ring (bicyclic) bond motifs is 1. The van der Waals surface area contributed by atoms with Crippen molar-refractivity contribution in [2.45, 2.75) is 19.3 Å². The Bertz CT molecular complexity index is 1320. The quantitative estimate of drug-likeness (QED) is 0.512. The number of likely N-dealkylation sites (tertiary alicyclic amines) is 2. The molecule has 0 bridgehead atoms. The first-order valence-electron chi connectivity index (χ1n) is 12.2. The first-order chi connectivity index (χ1) is 17.4. The van der Waals surface area contributed by atoms with Gasteiger partial charge >= 0.3 is 6.01 Å². The van der Waals surface area contributed by atoms with Crippen LogP contribution in [-0.2, 0) is 11.8 Å². The van der Waals surface area contributed by atoms with Crippen molar-refractivity contribution in [2.75, 3.05) is 40.4 Å². The summed E-state index contributed by atoms with van der Waals surface area (Å²) in [6.07, 6.45) is 7.55. The van der Waals surface area contributed by atoms with Gasteiger partial charge in [-0.25, -0.2) is 4.98 Å². The lowest BCUT2D eigenvalue weighted by atomic mass is 9.77. The summed E-state index contributed by atoms with van der Waals surface area (Å²) in [7, 11) is 4.95. The van der Waals surface area contributed by atoms with E-state index in [9.17, 15) is 9.59 Å². The molecule has 0 atom stereocenters. The number of aryl methyl sites for hydroxylation is 1. The first kappa shape index (κ1) is 23.8. The number of para-hydroxylation sites is 1. The number of benzene rings is 1. The van der Waals surface area contributed by atoms with Crippen molar-refractivity contribution < 1.29 is 19.1 Å². The lowest BCUT2D eigenvalue weighted by Gasteiger charge is -2.39. The monoisotopic (exact) mass is 489 g/mol. The molecule has 36 heavy (non-hydrogen) atoms. The van der Waals surface area contributed by atoms with Gasteiger partial charge in [0.05, 0.1) is 19.8 Å². The number of hydrogen-bond donors (Lipinski definition) is 0. The number of carbonyl (C=O) groups is 2. The fourth-order valence-corrected chi connectivity index (χ4v) is 5.37. The first-order valence-corrected chi connectivity index (χ1v) is 12.2. The van der Waals surface area contributed by atoms with E-state index in [1.54, 1.807) is 18.3 Å². The van der Waals surface area contributed by atoms with Crippen molar-refractivity contribution in [3.63, 3.8) is 0 Å². The highest BCUT2D eigenvalue weighted by molar-refractivity contribution is 5.98. The highest BCUT2D eigenvalue weighted by atomic mass is 16.5. The second kappa shape index (κ2) is 9.64. The summed E-state index contributed by atoms with van der Waals surface area (Å²) in [5, 5.41) is 1.08. The minimum Gasteiger partial charge on any atom is -0.480 e. The Balaban J connectivity index is 1.20. The number of hydrogen-bond acceptors (Lipinski definition) is 6. The highest BCUT2D eigenvalue weighted by Gasteiger charge is 2.42. The maximum atomic E-state index is 13.3. The van der Waals surface area contributed by atoms with E-state index < -0.39 is 0 Å². The second-order valence-corrected chi connectivity index (χ2v) is 9.60. The predicted octanol–water partition coefficient (Wildman–Crippen LogP) is 3.15. The molecule has 0 saturated carbocycles. The topological polar surface area (TPSA) is 89.8 Å². The van der Waals surface area contributed by atoms with Crippen molar-refractivity contribution in [3.8, 4) is 11.9 Å². The van der Waals surface area contributed by atoms with Gasteiger partial charge in [-0.05, 0) is 42.9 Å². The number of rotatable bonds is 5. The predicted molar refractivity (Wildman–Crippen MR) is 136 cm³/mol. The molecule has 4 heterocycles. The summed E-state index contributed by atoms with van der Waals surface area (Å²) in [5.74, 6) is 0.388. The fourth-order valence-electron chi connectivity index (χ4n) is 5.37. The van der Waals surface area contributed by atoms with Crippen molar-refractivity contribution in [2.24, 2.45) is 12.5 Å². The molecule has 9 nitrogen and oxygen atoms in total. The van der Waals surface area contributed by atoms with Gasteiger partial charge in [0.2, 0.25) is 11.8 Å². The van der Waals surface area contributed by atoms with Crippen molar-refractivity contribution >= 4 is 28.8 Å². The van der Waals surface area contributed by atoms with Gasteiger partial charge in [0.15, 0.2) is 0 Å². The van der Waals surface area contributed by atoms with Crippen LogP contribution in [0.25, 0.3) is 17.0 Å². The molecule has 2 amide bonds. The molecule has 188 valence electrons. The third-order valence-electron chi connectivity index (χ3n) is 7.57. The number of methoxy groups -OCH3 is 2. The van der Waals surface area contributed by atoms with Crippen LogP contribution < -0.4 is 9.47 Å². The second-order valence-electron chi connectivity index (χ2n) is 9.60. The number of piperidine rings is 1. The van der Waals surface area contributed by atoms with Gasteiger partial charge in [-0.3, -0.25) is 9.59 Å². The maximum Gasteiger partial charge on any atom is 0.319 e. The molecule has 0 unspecified atom stereocenters. The zero-order valence-corrected chi connectivity index (χ0v) is 20.9. The molecule has 1 aromatic carbocycles. The molecule has 0 aliphatic carbocycles. The SMILES string of the molecule is COc1ncc(/C=C/C(=O)N2CCC3(CCN(C(=O)c4cc5ccccc5n4C)CC3)C2)c(OC)n1. The molecule has 3 aromatic rings. The van der Waals surface area contributed by atoms with Crippen LogP contribution in [0.15, 0.2) is 42.6 Å². The van der Waals surface area contributed by atoms with Crippen molar-refractivity contribution in [1.82, 2.24) is 24.3 Å². The van der Waals surface area contributed by atoms with Gasteiger partial charge in [0.1, 0.15) is 5.69 Å². The van der Waals surface area contributed by atoms with Crippen LogP contribution in [0, 0.1) is 5.41 Å². The molecule has 2 saturated heterocycles. The minimum absolute atomic E-state index is 0.0428. The summed E-state index contributed by atoms with van der Waals surface area (Å²) in [6, 6.07) is 10.2. The molecule has 9 heteroatoms. The van der Waals surface area contributed by atoms with Crippen LogP contribution in [0.4, 0.5) is 0 Å². The van der Waals surface area contributed by atoms with Crippen molar-refractivity contribution in [1.29, 1.82) is 0 Å². The van der Waals surface area contributed by atoms with E-state index >= 15 is 0 Å². The smallest absolute Gasteiger partial charge is 0.319 e.